The normalized spacial score (nSPS) is 28.9. The molecule has 2 nitrogen and oxygen atoms in total. The maximum atomic E-state index is 6.25. The van der Waals surface area contributed by atoms with E-state index in [1.165, 1.54) is 36.8 Å². The molecule has 0 spiro atoms. The molecule has 0 radical (unpaired) electrons. The SMILES string of the molecule is CN(C1CCCC1)C1CC(N)c2ccccc21. The van der Waals surface area contributed by atoms with Gasteiger partial charge in [-0.05, 0) is 37.4 Å². The third-order valence-corrected chi connectivity index (χ3v) is 4.62. The van der Waals surface area contributed by atoms with E-state index >= 15 is 0 Å². The Morgan fingerprint density at radius 3 is 2.47 bits per heavy atom. The van der Waals surface area contributed by atoms with Crippen LogP contribution >= 0.6 is 0 Å². The molecule has 92 valence electrons. The van der Waals surface area contributed by atoms with Crippen LogP contribution in [0.25, 0.3) is 0 Å². The summed E-state index contributed by atoms with van der Waals surface area (Å²) in [7, 11) is 2.29. The fourth-order valence-corrected chi connectivity index (χ4v) is 3.60. The molecule has 0 saturated heterocycles. The van der Waals surface area contributed by atoms with Gasteiger partial charge in [0.05, 0.1) is 0 Å². The molecule has 2 atom stereocenters. The number of hydrogen-bond donors (Lipinski definition) is 1. The fourth-order valence-electron chi connectivity index (χ4n) is 3.60. The van der Waals surface area contributed by atoms with Gasteiger partial charge in [-0.1, -0.05) is 37.1 Å². The highest BCUT2D eigenvalue weighted by molar-refractivity contribution is 5.37. The first-order valence-corrected chi connectivity index (χ1v) is 6.83. The zero-order valence-corrected chi connectivity index (χ0v) is 10.6. The lowest BCUT2D eigenvalue weighted by atomic mass is 10.1. The Morgan fingerprint density at radius 2 is 1.76 bits per heavy atom. The number of nitrogens with two attached hydrogens (primary N) is 1. The first-order chi connectivity index (χ1) is 8.27. The van der Waals surface area contributed by atoms with Crippen LogP contribution in [0.5, 0.6) is 0 Å². The molecule has 2 unspecified atom stereocenters. The van der Waals surface area contributed by atoms with Crippen LogP contribution in [-0.2, 0) is 0 Å². The molecule has 2 N–H and O–H groups in total. The predicted octanol–water partition coefficient (Wildman–Crippen LogP) is 3.01. The molecule has 1 aromatic rings. The molecule has 3 rings (SSSR count). The van der Waals surface area contributed by atoms with Crippen molar-refractivity contribution in [3.63, 3.8) is 0 Å². The molecule has 0 heterocycles. The van der Waals surface area contributed by atoms with E-state index in [0.717, 1.165) is 12.5 Å². The molecule has 1 fully saturated rings. The van der Waals surface area contributed by atoms with Crippen LogP contribution in [0.4, 0.5) is 0 Å². The van der Waals surface area contributed by atoms with Crippen LogP contribution in [0, 0.1) is 0 Å². The number of fused-ring (bicyclic) bond motifs is 1. The zero-order valence-electron chi connectivity index (χ0n) is 10.6. The van der Waals surface area contributed by atoms with Crippen LogP contribution in [0.2, 0.25) is 0 Å². The van der Waals surface area contributed by atoms with E-state index in [-0.39, 0.29) is 6.04 Å². The maximum Gasteiger partial charge on any atom is 0.0369 e. The maximum absolute atomic E-state index is 6.25. The molecule has 2 aliphatic carbocycles. The number of hydrogen-bond acceptors (Lipinski definition) is 2. The molecule has 2 aliphatic rings. The van der Waals surface area contributed by atoms with Crippen molar-refractivity contribution in [2.24, 2.45) is 5.73 Å². The molecular weight excluding hydrogens is 208 g/mol. The van der Waals surface area contributed by atoms with E-state index in [2.05, 4.69) is 36.2 Å². The quantitative estimate of drug-likeness (QED) is 0.846. The average molecular weight is 230 g/mol. The molecule has 17 heavy (non-hydrogen) atoms. The van der Waals surface area contributed by atoms with E-state index in [0.29, 0.717) is 6.04 Å². The molecule has 0 aromatic heterocycles. The number of benzene rings is 1. The molecule has 0 bridgehead atoms. The molecule has 1 aromatic carbocycles. The monoisotopic (exact) mass is 230 g/mol. The first kappa shape index (κ1) is 11.2. The van der Waals surface area contributed by atoms with E-state index in [9.17, 15) is 0 Å². The Balaban J connectivity index is 1.85. The van der Waals surface area contributed by atoms with E-state index in [1.54, 1.807) is 0 Å². The summed E-state index contributed by atoms with van der Waals surface area (Å²) < 4.78 is 0. The lowest BCUT2D eigenvalue weighted by molar-refractivity contribution is 0.171. The van der Waals surface area contributed by atoms with E-state index in [4.69, 9.17) is 5.73 Å². The van der Waals surface area contributed by atoms with Crippen molar-refractivity contribution in [1.29, 1.82) is 0 Å². The summed E-state index contributed by atoms with van der Waals surface area (Å²) >= 11 is 0. The van der Waals surface area contributed by atoms with Crippen molar-refractivity contribution in [1.82, 2.24) is 4.90 Å². The van der Waals surface area contributed by atoms with Gasteiger partial charge in [0, 0.05) is 18.1 Å². The molecule has 1 saturated carbocycles. The summed E-state index contributed by atoms with van der Waals surface area (Å²) in [5.41, 5.74) is 9.08. The zero-order chi connectivity index (χ0) is 11.8. The summed E-state index contributed by atoms with van der Waals surface area (Å²) in [4.78, 5) is 2.58. The number of rotatable bonds is 2. The van der Waals surface area contributed by atoms with Gasteiger partial charge in [0.2, 0.25) is 0 Å². The van der Waals surface area contributed by atoms with Crippen molar-refractivity contribution in [2.75, 3.05) is 7.05 Å². The van der Waals surface area contributed by atoms with Crippen molar-refractivity contribution in [2.45, 2.75) is 50.2 Å². The van der Waals surface area contributed by atoms with Crippen LogP contribution in [0.15, 0.2) is 24.3 Å². The van der Waals surface area contributed by atoms with Crippen molar-refractivity contribution >= 4 is 0 Å². The van der Waals surface area contributed by atoms with Gasteiger partial charge in [-0.15, -0.1) is 0 Å². The smallest absolute Gasteiger partial charge is 0.0369 e. The van der Waals surface area contributed by atoms with Gasteiger partial charge in [-0.25, -0.2) is 0 Å². The first-order valence-electron chi connectivity index (χ1n) is 6.83. The van der Waals surface area contributed by atoms with Crippen LogP contribution < -0.4 is 5.73 Å². The van der Waals surface area contributed by atoms with Gasteiger partial charge in [0.1, 0.15) is 0 Å². The van der Waals surface area contributed by atoms with Gasteiger partial charge in [-0.3, -0.25) is 4.90 Å². The Hall–Kier alpha value is -0.860. The molecular formula is C15H22N2. The highest BCUT2D eigenvalue weighted by Crippen LogP contribution is 2.42. The van der Waals surface area contributed by atoms with Crippen LogP contribution in [0.3, 0.4) is 0 Å². The molecule has 0 aliphatic heterocycles. The lowest BCUT2D eigenvalue weighted by Crippen LogP contribution is -2.32. The van der Waals surface area contributed by atoms with E-state index in [1.807, 2.05) is 0 Å². The highest BCUT2D eigenvalue weighted by Gasteiger charge is 2.34. The van der Waals surface area contributed by atoms with Gasteiger partial charge in [0.15, 0.2) is 0 Å². The Kier molecular flexibility index (Phi) is 2.93. The second kappa shape index (κ2) is 4.43. The lowest BCUT2D eigenvalue weighted by Gasteiger charge is -2.31. The van der Waals surface area contributed by atoms with Gasteiger partial charge in [0.25, 0.3) is 0 Å². The average Bonchev–Trinajstić information content (AvgIpc) is 2.97. The number of nitrogens with zero attached hydrogens (tertiary/aromatic N) is 1. The highest BCUT2D eigenvalue weighted by atomic mass is 15.2. The molecule has 2 heteroatoms. The van der Waals surface area contributed by atoms with Gasteiger partial charge >= 0.3 is 0 Å². The largest absolute Gasteiger partial charge is 0.324 e. The minimum Gasteiger partial charge on any atom is -0.324 e. The minimum atomic E-state index is 0.236. The Morgan fingerprint density at radius 1 is 1.12 bits per heavy atom. The third-order valence-electron chi connectivity index (χ3n) is 4.62. The van der Waals surface area contributed by atoms with Crippen LogP contribution in [0.1, 0.15) is 55.3 Å². The molecule has 0 amide bonds. The third kappa shape index (κ3) is 1.90. The second-order valence-electron chi connectivity index (χ2n) is 5.59. The minimum absolute atomic E-state index is 0.236. The summed E-state index contributed by atoms with van der Waals surface area (Å²) in [5, 5.41) is 0. The standard InChI is InChI=1S/C15H22N2/c1-17(11-6-2-3-7-11)15-10-14(16)12-8-4-5-9-13(12)15/h4-5,8-9,11,14-15H,2-3,6-7,10,16H2,1H3. The second-order valence-corrected chi connectivity index (χ2v) is 5.59. The summed E-state index contributed by atoms with van der Waals surface area (Å²) in [6, 6.07) is 10.3. The fraction of sp³-hybridized carbons (Fsp3) is 0.600. The van der Waals surface area contributed by atoms with E-state index < -0.39 is 0 Å². The Labute approximate surface area is 104 Å². The van der Waals surface area contributed by atoms with Gasteiger partial charge < -0.3 is 5.73 Å². The summed E-state index contributed by atoms with van der Waals surface area (Å²) in [5.74, 6) is 0. The van der Waals surface area contributed by atoms with Crippen molar-refractivity contribution in [3.05, 3.63) is 35.4 Å². The summed E-state index contributed by atoms with van der Waals surface area (Å²) in [6.45, 7) is 0. The van der Waals surface area contributed by atoms with Gasteiger partial charge in [-0.2, -0.15) is 0 Å². The predicted molar refractivity (Wildman–Crippen MR) is 70.7 cm³/mol. The topological polar surface area (TPSA) is 29.3 Å². The Bertz CT molecular complexity index is 396. The van der Waals surface area contributed by atoms with Crippen LogP contribution in [-0.4, -0.2) is 18.0 Å². The summed E-state index contributed by atoms with van der Waals surface area (Å²) in [6.07, 6.45) is 6.62. The van der Waals surface area contributed by atoms with Crippen molar-refractivity contribution < 1.29 is 0 Å². The van der Waals surface area contributed by atoms with Crippen molar-refractivity contribution in [3.8, 4) is 0 Å².